The van der Waals surface area contributed by atoms with Crippen LogP contribution < -0.4 is 22.1 Å². The van der Waals surface area contributed by atoms with Crippen LogP contribution in [0, 0.1) is 0 Å². The average molecular weight is 502 g/mol. The summed E-state index contributed by atoms with van der Waals surface area (Å²) in [5, 5.41) is 32.2. The van der Waals surface area contributed by atoms with Crippen LogP contribution in [0.4, 0.5) is 0 Å². The molecule has 9 N–H and O–H groups in total. The fraction of sp³-hybridized carbons (Fsp3) is 0.714. The van der Waals surface area contributed by atoms with Crippen LogP contribution in [0.15, 0.2) is 0 Å². The first-order valence-corrected chi connectivity index (χ1v) is 11.5. The Balaban J connectivity index is 2.99. The molecule has 1 aliphatic rings. The molecule has 1 aliphatic heterocycles. The van der Waals surface area contributed by atoms with Gasteiger partial charge in [0.1, 0.15) is 18.1 Å². The Kier molecular flexibility index (Phi) is 12.7. The largest absolute Gasteiger partial charge is 0.481 e. The van der Waals surface area contributed by atoms with Gasteiger partial charge in [0.15, 0.2) is 0 Å². The molecule has 0 aromatic rings. The molecule has 0 aliphatic carbocycles. The van der Waals surface area contributed by atoms with E-state index in [0.29, 0.717) is 32.2 Å². The van der Waals surface area contributed by atoms with Crippen molar-refractivity contribution < 1.29 is 44.1 Å². The topological polar surface area (TPSA) is 242 Å². The van der Waals surface area contributed by atoms with Gasteiger partial charge in [0.05, 0.1) is 6.04 Å². The van der Waals surface area contributed by atoms with E-state index in [-0.39, 0.29) is 25.8 Å². The normalized spacial score (nSPS) is 17.8. The van der Waals surface area contributed by atoms with Gasteiger partial charge in [-0.15, -0.1) is 0 Å². The number of rotatable bonds is 16. The van der Waals surface area contributed by atoms with Gasteiger partial charge in [-0.25, -0.2) is 4.79 Å². The smallest absolute Gasteiger partial charge is 0.326 e. The van der Waals surface area contributed by atoms with E-state index in [1.807, 2.05) is 0 Å². The van der Waals surface area contributed by atoms with Gasteiger partial charge in [0.25, 0.3) is 0 Å². The Morgan fingerprint density at radius 1 is 0.857 bits per heavy atom. The maximum Gasteiger partial charge on any atom is 0.326 e. The third-order valence-electron chi connectivity index (χ3n) is 5.67. The summed E-state index contributed by atoms with van der Waals surface area (Å²) in [5.41, 5.74) is 11.2. The van der Waals surface area contributed by atoms with Crippen molar-refractivity contribution in [3.05, 3.63) is 0 Å². The van der Waals surface area contributed by atoms with Crippen molar-refractivity contribution in [2.24, 2.45) is 11.5 Å². The number of hydrogen-bond donors (Lipinski definition) is 7. The summed E-state index contributed by atoms with van der Waals surface area (Å²) in [7, 11) is 0. The van der Waals surface area contributed by atoms with E-state index >= 15 is 0 Å². The summed E-state index contributed by atoms with van der Waals surface area (Å²) in [5.74, 6) is -6.01. The van der Waals surface area contributed by atoms with Crippen molar-refractivity contribution in [3.63, 3.8) is 0 Å². The number of aliphatic carboxylic acids is 3. The second kappa shape index (κ2) is 14.9. The molecule has 1 rings (SSSR count). The van der Waals surface area contributed by atoms with Crippen molar-refractivity contribution in [3.8, 4) is 0 Å². The number of nitrogens with zero attached hydrogens (tertiary/aromatic N) is 1. The quantitative estimate of drug-likeness (QED) is 0.116. The van der Waals surface area contributed by atoms with Crippen LogP contribution in [-0.4, -0.2) is 93.1 Å². The van der Waals surface area contributed by atoms with E-state index in [1.54, 1.807) is 0 Å². The number of unbranched alkanes of at least 4 members (excludes halogenated alkanes) is 1. The molecule has 14 nitrogen and oxygen atoms in total. The highest BCUT2D eigenvalue weighted by atomic mass is 16.4. The van der Waals surface area contributed by atoms with Gasteiger partial charge in [-0.1, -0.05) is 6.42 Å². The number of carboxylic acid groups (broad SMARTS) is 3. The minimum Gasteiger partial charge on any atom is -0.481 e. The zero-order valence-corrected chi connectivity index (χ0v) is 19.5. The lowest BCUT2D eigenvalue weighted by atomic mass is 10.0. The molecule has 0 bridgehead atoms. The minimum absolute atomic E-state index is 0.131. The van der Waals surface area contributed by atoms with Crippen molar-refractivity contribution in [1.29, 1.82) is 0 Å². The van der Waals surface area contributed by atoms with Gasteiger partial charge in [0, 0.05) is 19.4 Å². The van der Waals surface area contributed by atoms with Crippen LogP contribution >= 0.6 is 0 Å². The molecule has 0 radical (unpaired) electrons. The average Bonchev–Trinajstić information content (AvgIpc) is 3.28. The third kappa shape index (κ3) is 10.3. The maximum absolute atomic E-state index is 13.0. The molecular formula is C21H35N5O9. The molecule has 1 fully saturated rings. The highest BCUT2D eigenvalue weighted by molar-refractivity contribution is 5.94. The predicted octanol–water partition coefficient (Wildman–Crippen LogP) is -1.78. The second-order valence-electron chi connectivity index (χ2n) is 8.41. The van der Waals surface area contributed by atoms with E-state index in [0.717, 1.165) is 4.90 Å². The predicted molar refractivity (Wildman–Crippen MR) is 121 cm³/mol. The summed E-state index contributed by atoms with van der Waals surface area (Å²) >= 11 is 0. The standard InChI is InChI=1S/C21H35N5O9/c22-10-2-1-4-12(23)18(31)24-13(6-8-16(27)28)19(32)25-14(7-9-17(29)30)20(33)26-11-3-5-15(26)21(34)35/h12-15H,1-11,22-23H2,(H,24,31)(H,25,32)(H,27,28)(H,29,30)(H,34,35). The van der Waals surface area contributed by atoms with Crippen LogP contribution in [0.2, 0.25) is 0 Å². The van der Waals surface area contributed by atoms with E-state index in [2.05, 4.69) is 10.6 Å². The second-order valence-corrected chi connectivity index (χ2v) is 8.41. The first-order valence-electron chi connectivity index (χ1n) is 11.5. The highest BCUT2D eigenvalue weighted by Crippen LogP contribution is 2.20. The minimum atomic E-state index is -1.37. The van der Waals surface area contributed by atoms with E-state index < -0.39 is 72.6 Å². The fourth-order valence-corrected chi connectivity index (χ4v) is 3.74. The molecule has 14 heteroatoms. The molecule has 0 spiro atoms. The van der Waals surface area contributed by atoms with Crippen LogP contribution in [0.5, 0.6) is 0 Å². The van der Waals surface area contributed by atoms with Crippen LogP contribution in [0.3, 0.4) is 0 Å². The van der Waals surface area contributed by atoms with Crippen LogP contribution in [-0.2, 0) is 28.8 Å². The number of nitrogens with one attached hydrogen (secondary N) is 2. The molecule has 1 saturated heterocycles. The first kappa shape index (κ1) is 29.8. The van der Waals surface area contributed by atoms with Crippen molar-refractivity contribution >= 4 is 35.6 Å². The van der Waals surface area contributed by atoms with E-state index in [1.165, 1.54) is 0 Å². The molecule has 0 saturated carbocycles. The summed E-state index contributed by atoms with van der Waals surface area (Å²) in [6, 6.07) is -4.79. The summed E-state index contributed by atoms with van der Waals surface area (Å²) in [6.07, 6.45) is 0.588. The van der Waals surface area contributed by atoms with Gasteiger partial charge < -0.3 is 42.3 Å². The Morgan fingerprint density at radius 2 is 1.43 bits per heavy atom. The van der Waals surface area contributed by atoms with Crippen molar-refractivity contribution in [2.45, 2.75) is 82.0 Å². The van der Waals surface area contributed by atoms with Gasteiger partial charge in [-0.3, -0.25) is 24.0 Å². The lowest BCUT2D eigenvalue weighted by Crippen LogP contribution is -2.57. The zero-order chi connectivity index (χ0) is 26.5. The molecule has 4 atom stereocenters. The molecular weight excluding hydrogens is 466 g/mol. The lowest BCUT2D eigenvalue weighted by Gasteiger charge is -2.28. The highest BCUT2D eigenvalue weighted by Gasteiger charge is 2.38. The van der Waals surface area contributed by atoms with Gasteiger partial charge in [0.2, 0.25) is 17.7 Å². The molecule has 0 aromatic carbocycles. The molecule has 3 amide bonds. The SMILES string of the molecule is NCCCCC(N)C(=O)NC(CCC(=O)O)C(=O)NC(CCC(=O)O)C(=O)N1CCCC1C(=O)O. The molecule has 35 heavy (non-hydrogen) atoms. The van der Waals surface area contributed by atoms with Gasteiger partial charge in [-0.2, -0.15) is 0 Å². The summed E-state index contributed by atoms with van der Waals surface area (Å²) < 4.78 is 0. The van der Waals surface area contributed by atoms with Crippen molar-refractivity contribution in [1.82, 2.24) is 15.5 Å². The van der Waals surface area contributed by atoms with Crippen LogP contribution in [0.1, 0.15) is 57.8 Å². The number of hydrogen-bond acceptors (Lipinski definition) is 8. The zero-order valence-electron chi connectivity index (χ0n) is 19.5. The van der Waals surface area contributed by atoms with E-state index in [9.17, 15) is 33.9 Å². The fourth-order valence-electron chi connectivity index (χ4n) is 3.74. The number of amides is 3. The maximum atomic E-state index is 13.0. The van der Waals surface area contributed by atoms with Gasteiger partial charge >= 0.3 is 17.9 Å². The number of likely N-dealkylation sites (tertiary alicyclic amines) is 1. The number of carbonyl (C=O) groups excluding carboxylic acids is 3. The molecule has 0 aromatic heterocycles. The monoisotopic (exact) mass is 501 g/mol. The Morgan fingerprint density at radius 3 is 1.97 bits per heavy atom. The van der Waals surface area contributed by atoms with Crippen LogP contribution in [0.25, 0.3) is 0 Å². The number of carboxylic acids is 3. The third-order valence-corrected chi connectivity index (χ3v) is 5.67. The Hall–Kier alpha value is -3.26. The molecule has 198 valence electrons. The number of carbonyl (C=O) groups is 6. The van der Waals surface area contributed by atoms with Gasteiger partial charge in [-0.05, 0) is 45.1 Å². The molecule has 1 heterocycles. The Labute approximate surface area is 202 Å². The summed E-state index contributed by atoms with van der Waals surface area (Å²) in [6.45, 7) is 0.551. The Bertz CT molecular complexity index is 791. The number of nitrogens with two attached hydrogens (primary N) is 2. The summed E-state index contributed by atoms with van der Waals surface area (Å²) in [4.78, 5) is 73.1. The van der Waals surface area contributed by atoms with Crippen molar-refractivity contribution in [2.75, 3.05) is 13.1 Å². The molecule has 4 unspecified atom stereocenters. The first-order chi connectivity index (χ1) is 16.5. The lowest BCUT2D eigenvalue weighted by molar-refractivity contribution is -0.150. The van der Waals surface area contributed by atoms with E-state index in [4.69, 9.17) is 21.7 Å².